The van der Waals surface area contributed by atoms with Crippen LogP contribution in [0.5, 0.6) is 0 Å². The van der Waals surface area contributed by atoms with Crippen LogP contribution in [-0.4, -0.2) is 70.9 Å². The number of hydrogen-bond donors (Lipinski definition) is 0. The Hall–Kier alpha value is -2.73. The van der Waals surface area contributed by atoms with E-state index in [-0.39, 0.29) is 148 Å². The van der Waals surface area contributed by atoms with E-state index in [0.717, 1.165) is 174 Å². The van der Waals surface area contributed by atoms with Crippen molar-refractivity contribution in [2.24, 2.45) is 192 Å². The SMILES string of the molecule is C.C.C.C.C.C.C.C.C.C.CCC(C)(C)C(=O)OC(C)(C)C12CC3CC4C5CC(CC41)CC2C5C3.CCC(C)(C)C(=O)OC(C)(C)C1CC2CCC1C2.CCC(C)(C)C(=O)OC(C)OC12CC3CC(CC(C3)C1)C2.CCC(C)(C)C(=O)OC(C)OC1CC2CC1C1C3CCC(C3)C21.CCC(C)(C)C(=O)OC1(C)C2CC3C4CC5CC3C1C(C5)C4C2. The lowest BCUT2D eigenvalue weighted by Crippen LogP contribution is -2.73. The minimum Gasteiger partial charge on any atom is -0.459 e. The van der Waals surface area contributed by atoms with Crippen LogP contribution in [0.3, 0.4) is 0 Å². The third-order valence-corrected chi connectivity index (χ3v) is 38.5. The normalized spacial score (nSPS) is 41.3. The third-order valence-electron chi connectivity index (χ3n) is 38.5. The van der Waals surface area contributed by atoms with Crippen molar-refractivity contribution in [3.63, 3.8) is 0 Å². The minimum absolute atomic E-state index is 0. The molecule has 0 aliphatic heterocycles. The second-order valence-corrected chi connectivity index (χ2v) is 47.1. The van der Waals surface area contributed by atoms with Crippen molar-refractivity contribution in [2.45, 2.75) is 467 Å². The summed E-state index contributed by atoms with van der Waals surface area (Å²) in [5.41, 5.74) is -2.37. The molecule has 21 atom stereocenters. The van der Waals surface area contributed by atoms with E-state index in [1.165, 1.54) is 167 Å². The predicted molar refractivity (Wildman–Crippen MR) is 499 cm³/mol. The van der Waals surface area contributed by atoms with E-state index in [0.29, 0.717) is 23.9 Å². The minimum atomic E-state index is -0.418. The topological polar surface area (TPSA) is 150 Å². The predicted octanol–water partition coefficient (Wildman–Crippen LogP) is 29.4. The molecule has 12 heteroatoms. The highest BCUT2D eigenvalue weighted by Crippen LogP contribution is 2.80. The maximum Gasteiger partial charge on any atom is 0.313 e. The molecule has 24 aliphatic rings. The van der Waals surface area contributed by atoms with Crippen molar-refractivity contribution < 1.29 is 57.1 Å². The van der Waals surface area contributed by atoms with Gasteiger partial charge in [-0.3, -0.25) is 24.0 Å². The summed E-state index contributed by atoms with van der Waals surface area (Å²) in [7, 11) is 0. The van der Waals surface area contributed by atoms with Crippen LogP contribution in [0.4, 0.5) is 0 Å². The first kappa shape index (κ1) is 108. The summed E-state index contributed by atoms with van der Waals surface area (Å²) in [4.78, 5) is 62.5. The van der Waals surface area contributed by atoms with Crippen LogP contribution in [0.1, 0.15) is 426 Å². The van der Waals surface area contributed by atoms with Gasteiger partial charge in [-0.15, -0.1) is 0 Å². The lowest BCUT2D eigenvalue weighted by Gasteiger charge is -2.77. The Labute approximate surface area is 741 Å². The zero-order chi connectivity index (χ0) is 79.1. The Kier molecular flexibility index (Phi) is 34.6. The molecule has 0 aromatic heterocycles. The average Bonchev–Trinajstić information content (AvgIpc) is 1.64. The number of fused-ring (bicyclic) bond motifs is 11. The van der Waals surface area contributed by atoms with E-state index in [2.05, 4.69) is 48.5 Å². The van der Waals surface area contributed by atoms with E-state index >= 15 is 0 Å². The van der Waals surface area contributed by atoms with Gasteiger partial charge in [0.05, 0.1) is 38.8 Å². The van der Waals surface area contributed by atoms with Gasteiger partial charge in [-0.2, -0.15) is 0 Å². The van der Waals surface area contributed by atoms with Gasteiger partial charge in [-0.05, 0) is 458 Å². The van der Waals surface area contributed by atoms with Crippen molar-refractivity contribution in [3.8, 4) is 0 Å². The molecule has 0 heterocycles. The quantitative estimate of drug-likeness (QED) is 0.0466. The molecule has 24 rings (SSSR count). The van der Waals surface area contributed by atoms with Crippen LogP contribution in [0.15, 0.2) is 0 Å². The Morgan fingerprint density at radius 3 is 1.22 bits per heavy atom. The van der Waals surface area contributed by atoms with E-state index < -0.39 is 23.4 Å². The van der Waals surface area contributed by atoms with Crippen LogP contribution in [0.25, 0.3) is 0 Å². The summed E-state index contributed by atoms with van der Waals surface area (Å²) in [5, 5.41) is 0. The molecule has 0 N–H and O–H groups in total. The number of ether oxygens (including phenoxy) is 7. The van der Waals surface area contributed by atoms with E-state index in [1.54, 1.807) is 0 Å². The molecule has 0 saturated heterocycles. The van der Waals surface area contributed by atoms with Gasteiger partial charge in [-0.25, -0.2) is 0 Å². The molecular formula is C108H198O12. The monoisotopic (exact) mass is 1690 g/mol. The smallest absolute Gasteiger partial charge is 0.313 e. The molecular weight excluding hydrogens is 1490 g/mol. The lowest BCUT2D eigenvalue weighted by molar-refractivity contribution is -0.309. The fraction of sp³-hybridized carbons (Fsp3) is 0.954. The molecule has 0 aromatic rings. The van der Waals surface area contributed by atoms with Gasteiger partial charge in [0, 0.05) is 17.3 Å². The Morgan fingerprint density at radius 1 is 0.350 bits per heavy atom. The van der Waals surface area contributed by atoms with Crippen LogP contribution >= 0.6 is 0 Å². The van der Waals surface area contributed by atoms with Gasteiger partial charge in [0.25, 0.3) is 0 Å². The lowest BCUT2D eigenvalue weighted by atomic mass is 9.28. The zero-order valence-electron chi connectivity index (χ0n) is 73.6. The largest absolute Gasteiger partial charge is 0.459 e. The second-order valence-electron chi connectivity index (χ2n) is 47.1. The number of esters is 5. The summed E-state index contributed by atoms with van der Waals surface area (Å²) >= 11 is 0. The van der Waals surface area contributed by atoms with Crippen molar-refractivity contribution in [1.29, 1.82) is 0 Å². The van der Waals surface area contributed by atoms with E-state index in [4.69, 9.17) is 33.2 Å². The van der Waals surface area contributed by atoms with Gasteiger partial charge in [0.15, 0.2) is 6.29 Å². The summed E-state index contributed by atoms with van der Waals surface area (Å²) in [6, 6.07) is 0. The fourth-order valence-electron chi connectivity index (χ4n) is 31.7. The molecule has 0 aromatic carbocycles. The van der Waals surface area contributed by atoms with Gasteiger partial charge >= 0.3 is 29.8 Å². The van der Waals surface area contributed by atoms with E-state index in [9.17, 15) is 24.0 Å². The number of carbonyl (C=O) groups is 5. The number of rotatable bonds is 21. The van der Waals surface area contributed by atoms with E-state index in [1.807, 2.05) is 104 Å². The fourth-order valence-corrected chi connectivity index (χ4v) is 31.7. The van der Waals surface area contributed by atoms with Crippen LogP contribution in [0.2, 0.25) is 0 Å². The second kappa shape index (κ2) is 38.5. The molecule has 26 bridgehead atoms. The highest BCUT2D eigenvalue weighted by atomic mass is 16.7. The molecule has 24 fully saturated rings. The summed E-state index contributed by atoms with van der Waals surface area (Å²) in [5.74, 6) is 23.7. The van der Waals surface area contributed by atoms with Gasteiger partial charge < -0.3 is 33.2 Å². The van der Waals surface area contributed by atoms with Crippen molar-refractivity contribution >= 4 is 29.8 Å². The molecule has 702 valence electrons. The first-order valence-electron chi connectivity index (χ1n) is 47.0. The maximum atomic E-state index is 13.0. The zero-order valence-corrected chi connectivity index (χ0v) is 73.6. The number of carbonyl (C=O) groups excluding carboxylic acids is 5. The first-order valence-corrected chi connectivity index (χ1v) is 47.0. The maximum absolute atomic E-state index is 13.0. The third kappa shape index (κ3) is 18.8. The van der Waals surface area contributed by atoms with Crippen molar-refractivity contribution in [3.05, 3.63) is 0 Å². The van der Waals surface area contributed by atoms with Crippen LogP contribution < -0.4 is 0 Å². The Bertz CT molecular complexity index is 3310. The summed E-state index contributed by atoms with van der Waals surface area (Å²) in [6.07, 6.45) is 39.5. The molecule has 24 saturated carbocycles. The summed E-state index contributed by atoms with van der Waals surface area (Å²) in [6.45, 7) is 45.1. The van der Waals surface area contributed by atoms with Crippen molar-refractivity contribution in [2.75, 3.05) is 0 Å². The molecule has 0 radical (unpaired) electrons. The molecule has 12 nitrogen and oxygen atoms in total. The summed E-state index contributed by atoms with van der Waals surface area (Å²) < 4.78 is 42.5. The standard InChI is InChI=1S/C23H36O2.C21H32O2.C20H32O3.C18H30O3.C16H28O2.10CH4/c1-6-21(2,3)20(24)25-22(4,5)23-12-14-8-16-15-7-13(10-18(16)23)11-19(23)17(15)9-14;1-5-20(2,3)19(22)23-21(4)12-9-14-13-6-11-7-16(14)18(21)17(8-11)15(13)10-12;1-5-20(3,4)19(21)23-11(2)22-16-10-14-9-15(16)18-13-7-6-12(8-13)17(14)18;1-5-17(3,4)16(19)20-12(2)21-18-9-13-6-14(10-18)8-15(7-13)11-18;1-6-15(2,3)14(17)18-16(4,5)13-10-11-7-8-12(13)9-11;;;;;;;;;;/h13-19H,6-12H2,1-5H3;2*11-18H,5-10H2,1-4H3;12-15H,5-11H2,1-4H3;11-13H,6-10H2,1-5H3;10*1H4. The highest BCUT2D eigenvalue weighted by Gasteiger charge is 2.76. The van der Waals surface area contributed by atoms with Crippen LogP contribution in [0, 0.1) is 192 Å². The van der Waals surface area contributed by atoms with Gasteiger partial charge in [0.1, 0.15) is 16.8 Å². The number of hydrogen-bond acceptors (Lipinski definition) is 12. The molecule has 0 amide bonds. The van der Waals surface area contributed by atoms with Gasteiger partial charge in [0.2, 0.25) is 6.29 Å². The van der Waals surface area contributed by atoms with Crippen molar-refractivity contribution in [1.82, 2.24) is 0 Å². The molecule has 120 heavy (non-hydrogen) atoms. The first-order chi connectivity index (χ1) is 51.5. The molecule has 0 spiro atoms. The Morgan fingerprint density at radius 2 is 0.750 bits per heavy atom. The highest BCUT2D eigenvalue weighted by molar-refractivity contribution is 5.78. The van der Waals surface area contributed by atoms with Gasteiger partial charge in [-0.1, -0.05) is 115 Å². The molecule has 21 unspecified atom stereocenters. The molecule has 24 aliphatic carbocycles. The average molecular weight is 1690 g/mol. The van der Waals surface area contributed by atoms with Crippen LogP contribution in [-0.2, 0) is 57.1 Å². The Balaban J connectivity index is 0.000000263.